The van der Waals surface area contributed by atoms with Crippen molar-refractivity contribution in [3.05, 3.63) is 77.2 Å². The Kier molecular flexibility index (Phi) is 6.22. The highest BCUT2D eigenvalue weighted by atomic mass is 16.5. The van der Waals surface area contributed by atoms with Crippen LogP contribution in [0.4, 0.5) is 11.5 Å². The summed E-state index contributed by atoms with van der Waals surface area (Å²) in [5, 5.41) is 6.21. The third-order valence-corrected chi connectivity index (χ3v) is 4.52. The first-order chi connectivity index (χ1) is 13.6. The molecule has 1 amide bonds. The number of aromatic nitrogens is 2. The second-order valence-corrected chi connectivity index (χ2v) is 6.37. The summed E-state index contributed by atoms with van der Waals surface area (Å²) in [6.07, 6.45) is 2.30. The summed E-state index contributed by atoms with van der Waals surface area (Å²) < 4.78 is 5.31. The Morgan fingerprint density at radius 1 is 1.07 bits per heavy atom. The van der Waals surface area contributed by atoms with E-state index < -0.39 is 0 Å². The van der Waals surface area contributed by atoms with Crippen LogP contribution in [0.1, 0.15) is 34.1 Å². The molecule has 0 saturated carbocycles. The van der Waals surface area contributed by atoms with Crippen molar-refractivity contribution in [3.63, 3.8) is 0 Å². The maximum Gasteiger partial charge on any atom is 0.270 e. The van der Waals surface area contributed by atoms with E-state index in [1.165, 1.54) is 11.9 Å². The van der Waals surface area contributed by atoms with Gasteiger partial charge in [0.25, 0.3) is 5.91 Å². The molecule has 6 heteroatoms. The molecule has 1 aromatic heterocycles. The van der Waals surface area contributed by atoms with E-state index in [9.17, 15) is 4.79 Å². The minimum absolute atomic E-state index is 0.267. The van der Waals surface area contributed by atoms with Crippen molar-refractivity contribution < 1.29 is 9.53 Å². The van der Waals surface area contributed by atoms with Crippen LogP contribution in [-0.4, -0.2) is 23.0 Å². The molecular weight excluding hydrogens is 352 g/mol. The summed E-state index contributed by atoms with van der Waals surface area (Å²) >= 11 is 0. The second-order valence-electron chi connectivity index (χ2n) is 6.37. The maximum atomic E-state index is 12.5. The molecular formula is C22H24N4O2. The molecule has 0 radical (unpaired) electrons. The summed E-state index contributed by atoms with van der Waals surface area (Å²) in [5.74, 6) is 1.05. The second kappa shape index (κ2) is 8.99. The number of nitrogens with one attached hydrogen (secondary N) is 2. The molecule has 3 aromatic rings. The molecule has 0 aliphatic rings. The molecule has 1 heterocycles. The number of carbonyl (C=O) groups is 1. The number of hydrogen-bond acceptors (Lipinski definition) is 5. The van der Waals surface area contributed by atoms with Crippen molar-refractivity contribution >= 4 is 17.4 Å². The number of anilines is 2. The molecule has 0 spiro atoms. The number of nitrogens with zero attached hydrogens (tertiary/aromatic N) is 2. The van der Waals surface area contributed by atoms with Gasteiger partial charge in [-0.1, -0.05) is 43.3 Å². The van der Waals surface area contributed by atoms with Crippen molar-refractivity contribution in [2.75, 3.05) is 12.4 Å². The van der Waals surface area contributed by atoms with E-state index in [1.54, 1.807) is 13.2 Å². The molecule has 0 aliphatic carbocycles. The standard InChI is InChI=1S/C22H24N4O2/c1-4-16-10-7-8-15(2)21(16)26-20-12-18(24-14-25-20)22(27)23-13-17-9-5-6-11-19(17)28-3/h5-12,14H,4,13H2,1-3H3,(H,23,27)(H,24,25,26). The molecule has 2 N–H and O–H groups in total. The summed E-state index contributed by atoms with van der Waals surface area (Å²) in [4.78, 5) is 20.9. The van der Waals surface area contributed by atoms with Crippen LogP contribution in [0.5, 0.6) is 5.75 Å². The Bertz CT molecular complexity index is 972. The van der Waals surface area contributed by atoms with Gasteiger partial charge in [-0.15, -0.1) is 0 Å². The molecule has 0 atom stereocenters. The van der Waals surface area contributed by atoms with E-state index >= 15 is 0 Å². The minimum Gasteiger partial charge on any atom is -0.496 e. The molecule has 28 heavy (non-hydrogen) atoms. The van der Waals surface area contributed by atoms with Crippen molar-refractivity contribution in [1.82, 2.24) is 15.3 Å². The van der Waals surface area contributed by atoms with E-state index in [4.69, 9.17) is 4.74 Å². The van der Waals surface area contributed by atoms with Gasteiger partial charge in [-0.25, -0.2) is 9.97 Å². The van der Waals surface area contributed by atoms with Gasteiger partial charge in [-0.2, -0.15) is 0 Å². The van der Waals surface area contributed by atoms with Gasteiger partial charge in [0.1, 0.15) is 23.6 Å². The minimum atomic E-state index is -0.267. The zero-order valence-corrected chi connectivity index (χ0v) is 16.3. The predicted octanol–water partition coefficient (Wildman–Crippen LogP) is 4.03. The van der Waals surface area contributed by atoms with Gasteiger partial charge >= 0.3 is 0 Å². The number of carbonyl (C=O) groups excluding carboxylic acids is 1. The van der Waals surface area contributed by atoms with Crippen molar-refractivity contribution in [2.45, 2.75) is 26.8 Å². The number of aryl methyl sites for hydroxylation is 2. The number of amides is 1. The fourth-order valence-corrected chi connectivity index (χ4v) is 2.99. The quantitative estimate of drug-likeness (QED) is 0.651. The molecule has 0 fully saturated rings. The Hall–Kier alpha value is -3.41. The Balaban J connectivity index is 1.73. The lowest BCUT2D eigenvalue weighted by atomic mass is 10.1. The molecule has 0 unspecified atom stereocenters. The smallest absolute Gasteiger partial charge is 0.270 e. The number of hydrogen-bond donors (Lipinski definition) is 2. The molecule has 144 valence electrons. The molecule has 0 saturated heterocycles. The molecule has 3 rings (SSSR count). The highest BCUT2D eigenvalue weighted by Crippen LogP contribution is 2.24. The van der Waals surface area contributed by atoms with Crippen LogP contribution in [0.15, 0.2) is 54.9 Å². The first kappa shape index (κ1) is 19.4. The summed E-state index contributed by atoms with van der Waals surface area (Å²) in [6, 6.07) is 15.4. The zero-order chi connectivity index (χ0) is 19.9. The Morgan fingerprint density at radius 2 is 1.86 bits per heavy atom. The summed E-state index contributed by atoms with van der Waals surface area (Å²) in [6.45, 7) is 4.51. The third-order valence-electron chi connectivity index (χ3n) is 4.52. The lowest BCUT2D eigenvalue weighted by Gasteiger charge is -2.14. The molecule has 2 aromatic carbocycles. The monoisotopic (exact) mass is 376 g/mol. The molecule has 0 bridgehead atoms. The Morgan fingerprint density at radius 3 is 2.64 bits per heavy atom. The van der Waals surface area contributed by atoms with E-state index in [-0.39, 0.29) is 5.91 Å². The van der Waals surface area contributed by atoms with Gasteiger partial charge in [0.05, 0.1) is 7.11 Å². The van der Waals surface area contributed by atoms with Crippen LogP contribution in [0.25, 0.3) is 0 Å². The highest BCUT2D eigenvalue weighted by Gasteiger charge is 2.11. The average Bonchev–Trinajstić information content (AvgIpc) is 2.73. The fourth-order valence-electron chi connectivity index (χ4n) is 2.99. The van der Waals surface area contributed by atoms with Crippen LogP contribution in [-0.2, 0) is 13.0 Å². The first-order valence-electron chi connectivity index (χ1n) is 9.20. The van der Waals surface area contributed by atoms with E-state index in [0.29, 0.717) is 18.1 Å². The lowest BCUT2D eigenvalue weighted by Crippen LogP contribution is -2.24. The lowest BCUT2D eigenvalue weighted by molar-refractivity contribution is 0.0945. The van der Waals surface area contributed by atoms with E-state index in [2.05, 4.69) is 33.6 Å². The maximum absolute atomic E-state index is 12.5. The van der Waals surface area contributed by atoms with Gasteiger partial charge in [0.15, 0.2) is 0 Å². The van der Waals surface area contributed by atoms with Gasteiger partial charge in [0.2, 0.25) is 0 Å². The fraction of sp³-hybridized carbons (Fsp3) is 0.227. The van der Waals surface area contributed by atoms with Crippen molar-refractivity contribution in [3.8, 4) is 5.75 Å². The first-order valence-corrected chi connectivity index (χ1v) is 9.20. The van der Waals surface area contributed by atoms with E-state index in [1.807, 2.05) is 43.3 Å². The number of benzene rings is 2. The largest absolute Gasteiger partial charge is 0.496 e. The number of para-hydroxylation sites is 2. The van der Waals surface area contributed by atoms with Gasteiger partial charge in [-0.05, 0) is 30.5 Å². The van der Waals surface area contributed by atoms with Crippen LogP contribution in [0.3, 0.4) is 0 Å². The zero-order valence-electron chi connectivity index (χ0n) is 16.3. The van der Waals surface area contributed by atoms with Crippen LogP contribution < -0.4 is 15.4 Å². The number of ether oxygens (including phenoxy) is 1. The van der Waals surface area contributed by atoms with Gasteiger partial charge in [-0.3, -0.25) is 4.79 Å². The SMILES string of the molecule is CCc1cccc(C)c1Nc1cc(C(=O)NCc2ccccc2OC)ncn1. The topological polar surface area (TPSA) is 76.1 Å². The Labute approximate surface area is 165 Å². The van der Waals surface area contributed by atoms with Crippen molar-refractivity contribution in [1.29, 1.82) is 0 Å². The number of methoxy groups -OCH3 is 1. The normalized spacial score (nSPS) is 10.4. The number of rotatable bonds is 7. The van der Waals surface area contributed by atoms with Crippen LogP contribution in [0, 0.1) is 6.92 Å². The van der Waals surface area contributed by atoms with Gasteiger partial charge in [0, 0.05) is 23.9 Å². The van der Waals surface area contributed by atoms with Crippen LogP contribution >= 0.6 is 0 Å². The summed E-state index contributed by atoms with van der Waals surface area (Å²) in [5.41, 5.74) is 4.54. The highest BCUT2D eigenvalue weighted by molar-refractivity contribution is 5.93. The van der Waals surface area contributed by atoms with E-state index in [0.717, 1.165) is 29.0 Å². The van der Waals surface area contributed by atoms with Crippen molar-refractivity contribution in [2.24, 2.45) is 0 Å². The van der Waals surface area contributed by atoms with Crippen LogP contribution in [0.2, 0.25) is 0 Å². The molecule has 0 aliphatic heterocycles. The predicted molar refractivity (Wildman–Crippen MR) is 110 cm³/mol. The summed E-state index contributed by atoms with van der Waals surface area (Å²) in [7, 11) is 1.61. The van der Waals surface area contributed by atoms with Gasteiger partial charge < -0.3 is 15.4 Å². The molecule has 6 nitrogen and oxygen atoms in total. The third kappa shape index (κ3) is 4.46. The average molecular weight is 376 g/mol.